The molecule has 0 fully saturated rings. The van der Waals surface area contributed by atoms with Crippen molar-refractivity contribution in [3.05, 3.63) is 32.3 Å². The number of isocyanates is 1. The number of carbonyl (C=O) groups excluding carboxylic acids is 1. The molecule has 0 saturated heterocycles. The summed E-state index contributed by atoms with van der Waals surface area (Å²) < 4.78 is 0.504. The minimum absolute atomic E-state index is 0.0756. The molecule has 1 aromatic carbocycles. The molecule has 0 aliphatic carbocycles. The molecule has 5 nitrogen and oxygen atoms in total. The fraction of sp³-hybridized carbons (Fsp3) is 0.125. The largest absolute Gasteiger partial charge is 0.275 e. The number of nitro groups is 1. The van der Waals surface area contributed by atoms with Crippen molar-refractivity contribution in [1.29, 1.82) is 0 Å². The second-order valence-corrected chi connectivity index (χ2v) is 3.44. The summed E-state index contributed by atoms with van der Waals surface area (Å²) >= 11 is 3.09. The van der Waals surface area contributed by atoms with Gasteiger partial charge in [-0.1, -0.05) is 15.9 Å². The fourth-order valence-electron chi connectivity index (χ4n) is 1.01. The van der Waals surface area contributed by atoms with Gasteiger partial charge < -0.3 is 0 Å². The predicted octanol–water partition coefficient (Wildman–Crippen LogP) is 2.63. The van der Waals surface area contributed by atoms with E-state index in [-0.39, 0.29) is 11.4 Å². The zero-order valence-electron chi connectivity index (χ0n) is 7.15. The first-order valence-electron chi connectivity index (χ1n) is 3.58. The molecule has 0 aliphatic rings. The van der Waals surface area contributed by atoms with Gasteiger partial charge in [-0.15, -0.1) is 0 Å². The van der Waals surface area contributed by atoms with E-state index in [2.05, 4.69) is 20.9 Å². The van der Waals surface area contributed by atoms with Crippen molar-refractivity contribution in [2.75, 3.05) is 0 Å². The van der Waals surface area contributed by atoms with E-state index in [0.29, 0.717) is 10.0 Å². The van der Waals surface area contributed by atoms with Gasteiger partial charge in [0.1, 0.15) is 0 Å². The molecule has 0 N–H and O–H groups in total. The summed E-state index contributed by atoms with van der Waals surface area (Å²) in [5.74, 6) is 0. The topological polar surface area (TPSA) is 72.6 Å². The van der Waals surface area contributed by atoms with Crippen LogP contribution in [0.1, 0.15) is 5.56 Å². The van der Waals surface area contributed by atoms with E-state index in [4.69, 9.17) is 0 Å². The van der Waals surface area contributed by atoms with Crippen LogP contribution in [0.15, 0.2) is 21.6 Å². The molecule has 0 aliphatic heterocycles. The molecular weight excluding hydrogens is 252 g/mol. The van der Waals surface area contributed by atoms with Crippen LogP contribution in [0.5, 0.6) is 0 Å². The van der Waals surface area contributed by atoms with Crippen LogP contribution in [0.2, 0.25) is 0 Å². The lowest BCUT2D eigenvalue weighted by Crippen LogP contribution is -1.91. The van der Waals surface area contributed by atoms with Crippen molar-refractivity contribution in [3.63, 3.8) is 0 Å². The van der Waals surface area contributed by atoms with Gasteiger partial charge in [0, 0.05) is 10.5 Å². The number of nitro benzene ring substituents is 1. The normalized spacial score (nSPS) is 9.29. The first kappa shape index (κ1) is 10.6. The quantitative estimate of drug-likeness (QED) is 0.354. The molecule has 1 rings (SSSR count). The summed E-state index contributed by atoms with van der Waals surface area (Å²) in [6.07, 6.45) is 1.35. The van der Waals surface area contributed by atoms with Crippen LogP contribution in [-0.4, -0.2) is 11.0 Å². The first-order valence-corrected chi connectivity index (χ1v) is 4.38. The number of benzene rings is 1. The van der Waals surface area contributed by atoms with Gasteiger partial charge in [-0.2, -0.15) is 4.99 Å². The lowest BCUT2D eigenvalue weighted by Gasteiger charge is -2.00. The van der Waals surface area contributed by atoms with E-state index in [9.17, 15) is 14.9 Å². The number of hydrogen-bond acceptors (Lipinski definition) is 4. The Balaban J connectivity index is 3.46. The number of nitrogens with zero attached hydrogens (tertiary/aromatic N) is 2. The highest BCUT2D eigenvalue weighted by molar-refractivity contribution is 9.10. The maximum Gasteiger partial charge on any atom is 0.275 e. The Morgan fingerprint density at radius 2 is 2.21 bits per heavy atom. The second-order valence-electron chi connectivity index (χ2n) is 2.53. The summed E-state index contributed by atoms with van der Waals surface area (Å²) in [6.45, 7) is 1.53. The van der Waals surface area contributed by atoms with E-state index in [1.807, 2.05) is 0 Å². The average Bonchev–Trinajstić information content (AvgIpc) is 2.10. The number of rotatable bonds is 2. The minimum Gasteiger partial charge on any atom is -0.258 e. The molecule has 0 amide bonds. The van der Waals surface area contributed by atoms with Crippen molar-refractivity contribution in [2.45, 2.75) is 6.92 Å². The van der Waals surface area contributed by atoms with E-state index in [0.717, 1.165) is 0 Å². The van der Waals surface area contributed by atoms with E-state index in [1.165, 1.54) is 25.1 Å². The van der Waals surface area contributed by atoms with Crippen LogP contribution in [0.4, 0.5) is 11.4 Å². The molecule has 0 saturated carbocycles. The first-order chi connectivity index (χ1) is 6.56. The Hall–Kier alpha value is -1.52. The highest BCUT2D eigenvalue weighted by atomic mass is 79.9. The summed E-state index contributed by atoms with van der Waals surface area (Å²) in [5, 5.41) is 10.6. The van der Waals surface area contributed by atoms with Gasteiger partial charge in [0.25, 0.3) is 5.69 Å². The average molecular weight is 257 g/mol. The van der Waals surface area contributed by atoms with Crippen molar-refractivity contribution < 1.29 is 9.72 Å². The monoisotopic (exact) mass is 256 g/mol. The van der Waals surface area contributed by atoms with Crippen molar-refractivity contribution in [1.82, 2.24) is 0 Å². The van der Waals surface area contributed by atoms with E-state index < -0.39 is 4.92 Å². The third-order valence-corrected chi connectivity index (χ3v) is 2.14. The Kier molecular flexibility index (Phi) is 3.11. The molecule has 0 spiro atoms. The summed E-state index contributed by atoms with van der Waals surface area (Å²) in [6, 6.07) is 2.88. The molecular formula is C8H5BrN2O3. The molecule has 0 bridgehead atoms. The Morgan fingerprint density at radius 1 is 1.57 bits per heavy atom. The van der Waals surface area contributed by atoms with Crippen molar-refractivity contribution in [2.24, 2.45) is 4.99 Å². The van der Waals surface area contributed by atoms with Gasteiger partial charge in [0.2, 0.25) is 6.08 Å². The number of hydrogen-bond donors (Lipinski definition) is 0. The van der Waals surface area contributed by atoms with Crippen molar-refractivity contribution >= 4 is 33.4 Å². The van der Waals surface area contributed by atoms with Crippen molar-refractivity contribution in [3.8, 4) is 0 Å². The molecule has 0 atom stereocenters. The zero-order chi connectivity index (χ0) is 10.7. The molecule has 0 aromatic heterocycles. The molecule has 1 aromatic rings. The second kappa shape index (κ2) is 4.13. The molecule has 72 valence electrons. The van der Waals surface area contributed by atoms with Gasteiger partial charge in [-0.05, 0) is 13.0 Å². The third kappa shape index (κ3) is 2.04. The highest BCUT2D eigenvalue weighted by Gasteiger charge is 2.14. The zero-order valence-corrected chi connectivity index (χ0v) is 8.74. The van der Waals surface area contributed by atoms with Gasteiger partial charge >= 0.3 is 0 Å². The van der Waals surface area contributed by atoms with Gasteiger partial charge in [0.05, 0.1) is 16.2 Å². The lowest BCUT2D eigenvalue weighted by molar-refractivity contribution is -0.385. The van der Waals surface area contributed by atoms with Gasteiger partial charge in [-0.25, -0.2) is 4.79 Å². The summed E-state index contributed by atoms with van der Waals surface area (Å²) in [7, 11) is 0. The fourth-order valence-corrected chi connectivity index (χ4v) is 1.44. The van der Waals surface area contributed by atoms with Gasteiger partial charge in [0.15, 0.2) is 0 Å². The lowest BCUT2D eigenvalue weighted by atomic mass is 10.1. The van der Waals surface area contributed by atoms with Crippen LogP contribution in [0.25, 0.3) is 0 Å². The minimum atomic E-state index is -0.524. The van der Waals surface area contributed by atoms with Crippen LogP contribution < -0.4 is 0 Å². The number of aliphatic imine (C=N–C) groups is 1. The standard InChI is InChI=1S/C8H5BrN2O3/c1-5-7(10-4-12)2-6(9)3-8(5)11(13)14/h2-3H,1H3. The SMILES string of the molecule is Cc1c(N=C=O)cc(Br)cc1[N+](=O)[O-]. The highest BCUT2D eigenvalue weighted by Crippen LogP contribution is 2.31. The maximum absolute atomic E-state index is 10.6. The van der Waals surface area contributed by atoms with Crippen LogP contribution in [-0.2, 0) is 4.79 Å². The van der Waals surface area contributed by atoms with Gasteiger partial charge in [-0.3, -0.25) is 10.1 Å². The Morgan fingerprint density at radius 3 is 2.71 bits per heavy atom. The molecule has 6 heteroatoms. The molecule has 0 radical (unpaired) electrons. The summed E-state index contributed by atoms with van der Waals surface area (Å²) in [4.78, 5) is 23.5. The van der Waals surface area contributed by atoms with Crippen LogP contribution in [0, 0.1) is 17.0 Å². The summed E-state index contributed by atoms with van der Waals surface area (Å²) in [5.41, 5.74) is 0.524. The van der Waals surface area contributed by atoms with Crippen LogP contribution >= 0.6 is 15.9 Å². The molecule has 0 unspecified atom stereocenters. The number of halogens is 1. The molecule has 0 heterocycles. The molecule has 14 heavy (non-hydrogen) atoms. The van der Waals surface area contributed by atoms with E-state index in [1.54, 1.807) is 0 Å². The smallest absolute Gasteiger partial charge is 0.258 e. The maximum atomic E-state index is 10.6. The Labute approximate surface area is 87.7 Å². The third-order valence-electron chi connectivity index (χ3n) is 1.68. The van der Waals surface area contributed by atoms with E-state index >= 15 is 0 Å². The predicted molar refractivity (Wildman–Crippen MR) is 53.3 cm³/mol. The Bertz CT molecular complexity index is 415. The van der Waals surface area contributed by atoms with Crippen LogP contribution in [0.3, 0.4) is 0 Å².